The second-order valence-corrected chi connectivity index (χ2v) is 6.53. The lowest BCUT2D eigenvalue weighted by molar-refractivity contribution is 0.612. The Bertz CT molecular complexity index is 857. The van der Waals surface area contributed by atoms with E-state index in [9.17, 15) is 0 Å². The third kappa shape index (κ3) is 3.58. The summed E-state index contributed by atoms with van der Waals surface area (Å²) in [5.41, 5.74) is 15.1. The number of aromatic nitrogens is 4. The van der Waals surface area contributed by atoms with Gasteiger partial charge in [0, 0.05) is 24.2 Å². The maximum atomic E-state index is 6.48. The lowest BCUT2D eigenvalue weighted by Gasteiger charge is -2.15. The number of fused-ring (bicyclic) bond motifs is 1. The van der Waals surface area contributed by atoms with E-state index in [4.69, 9.17) is 23.1 Å². The first-order chi connectivity index (χ1) is 12.0. The van der Waals surface area contributed by atoms with Crippen LogP contribution in [-0.2, 0) is 0 Å². The maximum absolute atomic E-state index is 6.48. The van der Waals surface area contributed by atoms with Crippen molar-refractivity contribution in [3.63, 3.8) is 0 Å². The Balaban J connectivity index is 2.12. The molecule has 0 spiro atoms. The van der Waals surface area contributed by atoms with Gasteiger partial charge in [0.1, 0.15) is 5.52 Å². The minimum atomic E-state index is -0.434. The van der Waals surface area contributed by atoms with E-state index in [1.807, 2.05) is 28.8 Å². The topological polar surface area (TPSA) is 108 Å². The summed E-state index contributed by atoms with van der Waals surface area (Å²) < 4.78 is 2.00. The van der Waals surface area contributed by atoms with Gasteiger partial charge < -0.3 is 21.4 Å². The lowest BCUT2D eigenvalue weighted by Crippen LogP contribution is -2.19. The third-order valence-electron chi connectivity index (χ3n) is 3.96. The second kappa shape index (κ2) is 7.35. The molecule has 25 heavy (non-hydrogen) atoms. The van der Waals surface area contributed by atoms with E-state index < -0.39 is 6.04 Å². The molecule has 0 amide bonds. The number of rotatable bonds is 6. The lowest BCUT2D eigenvalue weighted by atomic mass is 10.0. The van der Waals surface area contributed by atoms with Gasteiger partial charge in [0.2, 0.25) is 5.95 Å². The largest absolute Gasteiger partial charge is 0.353 e. The molecule has 5 N–H and O–H groups in total. The molecule has 3 rings (SSSR count). The fourth-order valence-corrected chi connectivity index (χ4v) is 2.75. The molecule has 0 aliphatic carbocycles. The van der Waals surface area contributed by atoms with Gasteiger partial charge in [-0.2, -0.15) is 4.98 Å². The Morgan fingerprint density at radius 2 is 1.92 bits per heavy atom. The molecule has 0 aliphatic rings. The fraction of sp³-hybridized carbons (Fsp3) is 0.353. The van der Waals surface area contributed by atoms with Crippen LogP contribution in [0.4, 0.5) is 5.95 Å². The maximum Gasteiger partial charge on any atom is 0.225 e. The van der Waals surface area contributed by atoms with Crippen molar-refractivity contribution in [1.29, 1.82) is 0 Å². The summed E-state index contributed by atoms with van der Waals surface area (Å²) in [5.74, 6) is 0.500. The van der Waals surface area contributed by atoms with Gasteiger partial charge in [0.15, 0.2) is 5.65 Å². The number of benzene rings is 1. The minimum absolute atomic E-state index is 0.224. The van der Waals surface area contributed by atoms with E-state index in [2.05, 4.69) is 34.1 Å². The van der Waals surface area contributed by atoms with Crippen LogP contribution in [-0.4, -0.2) is 32.6 Å². The highest BCUT2D eigenvalue weighted by atomic mass is 35.5. The molecule has 1 aromatic carbocycles. The molecule has 2 aromatic heterocycles. The zero-order chi connectivity index (χ0) is 18.0. The molecule has 0 aliphatic heterocycles. The smallest absolute Gasteiger partial charge is 0.225 e. The van der Waals surface area contributed by atoms with Crippen LogP contribution in [0.15, 0.2) is 30.6 Å². The number of halogens is 1. The van der Waals surface area contributed by atoms with Crippen LogP contribution >= 0.6 is 11.6 Å². The first kappa shape index (κ1) is 17.6. The van der Waals surface area contributed by atoms with Gasteiger partial charge in [-0.3, -0.25) is 0 Å². The molecule has 1 unspecified atom stereocenters. The standard InChI is InChI=1S/C17H22ClN7/c1-10(2)25-9-22-15-14(13(20)11-3-5-12(18)6-4-11)23-17(21-8-7-19)24-16(15)25/h3-6,9-10,13H,7-8,19-20H2,1-2H3,(H,21,23,24). The van der Waals surface area contributed by atoms with Crippen LogP contribution < -0.4 is 16.8 Å². The van der Waals surface area contributed by atoms with Gasteiger partial charge in [-0.25, -0.2) is 9.97 Å². The quantitative estimate of drug-likeness (QED) is 0.624. The fourth-order valence-electron chi connectivity index (χ4n) is 2.62. The highest BCUT2D eigenvalue weighted by Crippen LogP contribution is 2.27. The van der Waals surface area contributed by atoms with Crippen molar-refractivity contribution >= 4 is 28.7 Å². The first-order valence-electron chi connectivity index (χ1n) is 8.20. The molecule has 0 saturated carbocycles. The van der Waals surface area contributed by atoms with Crippen molar-refractivity contribution in [2.45, 2.75) is 25.9 Å². The molecule has 0 radical (unpaired) electrons. The monoisotopic (exact) mass is 359 g/mol. The van der Waals surface area contributed by atoms with E-state index in [0.717, 1.165) is 11.2 Å². The van der Waals surface area contributed by atoms with E-state index in [0.29, 0.717) is 35.3 Å². The molecule has 0 fully saturated rings. The zero-order valence-corrected chi connectivity index (χ0v) is 15.0. The van der Waals surface area contributed by atoms with Gasteiger partial charge in [0.25, 0.3) is 0 Å². The SMILES string of the molecule is CC(C)n1cnc2c(C(N)c3ccc(Cl)cc3)nc(NCCN)nc21. The second-order valence-electron chi connectivity index (χ2n) is 6.09. The van der Waals surface area contributed by atoms with Crippen LogP contribution in [0.1, 0.15) is 37.2 Å². The summed E-state index contributed by atoms with van der Waals surface area (Å²) in [6, 6.07) is 7.21. The molecule has 3 aromatic rings. The Kier molecular flexibility index (Phi) is 5.17. The zero-order valence-electron chi connectivity index (χ0n) is 14.3. The van der Waals surface area contributed by atoms with Crippen molar-refractivity contribution in [2.24, 2.45) is 11.5 Å². The van der Waals surface area contributed by atoms with Crippen LogP contribution in [0.25, 0.3) is 11.2 Å². The van der Waals surface area contributed by atoms with Gasteiger partial charge in [-0.1, -0.05) is 23.7 Å². The summed E-state index contributed by atoms with van der Waals surface area (Å²) in [6.45, 7) is 5.23. The molecular formula is C17H22ClN7. The number of nitrogens with one attached hydrogen (secondary N) is 1. The third-order valence-corrected chi connectivity index (χ3v) is 4.21. The summed E-state index contributed by atoms with van der Waals surface area (Å²) in [7, 11) is 0. The van der Waals surface area contributed by atoms with Gasteiger partial charge in [-0.05, 0) is 31.5 Å². The Labute approximate surface area is 151 Å². The van der Waals surface area contributed by atoms with Crippen LogP contribution in [0.3, 0.4) is 0 Å². The van der Waals surface area contributed by atoms with Gasteiger partial charge in [0.05, 0.1) is 18.1 Å². The molecule has 0 saturated heterocycles. The Morgan fingerprint density at radius 1 is 1.20 bits per heavy atom. The predicted molar refractivity (Wildman–Crippen MR) is 101 cm³/mol. The van der Waals surface area contributed by atoms with Crippen LogP contribution in [0.2, 0.25) is 5.02 Å². The molecule has 7 nitrogen and oxygen atoms in total. The van der Waals surface area contributed by atoms with E-state index in [1.54, 1.807) is 6.33 Å². The van der Waals surface area contributed by atoms with Crippen LogP contribution in [0, 0.1) is 0 Å². The Morgan fingerprint density at radius 3 is 2.56 bits per heavy atom. The minimum Gasteiger partial charge on any atom is -0.353 e. The molecular weight excluding hydrogens is 338 g/mol. The molecule has 1 atom stereocenters. The summed E-state index contributed by atoms with van der Waals surface area (Å²) in [6.07, 6.45) is 1.77. The number of nitrogens with two attached hydrogens (primary N) is 2. The first-order valence-corrected chi connectivity index (χ1v) is 8.58. The van der Waals surface area contributed by atoms with Crippen molar-refractivity contribution in [3.05, 3.63) is 46.9 Å². The number of hydrogen-bond donors (Lipinski definition) is 3. The summed E-state index contributed by atoms with van der Waals surface area (Å²) in [5, 5.41) is 3.80. The van der Waals surface area contributed by atoms with Crippen molar-refractivity contribution in [1.82, 2.24) is 19.5 Å². The van der Waals surface area contributed by atoms with Crippen molar-refractivity contribution in [2.75, 3.05) is 18.4 Å². The molecule has 8 heteroatoms. The van der Waals surface area contributed by atoms with Gasteiger partial charge in [-0.15, -0.1) is 0 Å². The van der Waals surface area contributed by atoms with Gasteiger partial charge >= 0.3 is 0 Å². The van der Waals surface area contributed by atoms with Crippen LogP contribution in [0.5, 0.6) is 0 Å². The highest BCUT2D eigenvalue weighted by molar-refractivity contribution is 6.30. The average molecular weight is 360 g/mol. The predicted octanol–water partition coefficient (Wildman–Crippen LogP) is 2.48. The van der Waals surface area contributed by atoms with E-state index in [1.165, 1.54) is 0 Å². The average Bonchev–Trinajstić information content (AvgIpc) is 3.03. The van der Waals surface area contributed by atoms with E-state index >= 15 is 0 Å². The summed E-state index contributed by atoms with van der Waals surface area (Å²) >= 11 is 5.97. The van der Waals surface area contributed by atoms with Crippen molar-refractivity contribution < 1.29 is 0 Å². The molecule has 2 heterocycles. The summed E-state index contributed by atoms with van der Waals surface area (Å²) in [4.78, 5) is 13.7. The highest BCUT2D eigenvalue weighted by Gasteiger charge is 2.20. The van der Waals surface area contributed by atoms with Crippen molar-refractivity contribution in [3.8, 4) is 0 Å². The number of anilines is 1. The number of imidazole rings is 1. The normalized spacial score (nSPS) is 12.7. The molecule has 0 bridgehead atoms. The number of hydrogen-bond acceptors (Lipinski definition) is 6. The molecule has 132 valence electrons. The Hall–Kier alpha value is -2.22. The number of nitrogens with zero attached hydrogens (tertiary/aromatic N) is 4. The van der Waals surface area contributed by atoms with E-state index in [-0.39, 0.29) is 6.04 Å².